The number of nitrogens with zero attached hydrogens (tertiary/aromatic N) is 2. The Morgan fingerprint density at radius 3 is 1.90 bits per heavy atom. The minimum atomic E-state index is 0.870. The van der Waals surface area contributed by atoms with Gasteiger partial charge >= 0.3 is 0 Å². The lowest BCUT2D eigenvalue weighted by molar-refractivity contribution is 0.669. The highest BCUT2D eigenvalue weighted by molar-refractivity contribution is 6.26. The van der Waals surface area contributed by atoms with Crippen LogP contribution in [0.5, 0.6) is 0 Å². The third-order valence-electron chi connectivity index (χ3n) is 9.73. The highest BCUT2D eigenvalue weighted by Gasteiger charge is 2.25. The van der Waals surface area contributed by atoms with E-state index in [4.69, 9.17) is 4.42 Å². The SMILES string of the molecule is c1ccc(-c2cccc3c4c(N(c5ccccc5)c5ccc6c(c5)oc5ccccc56)cc5ccccc5c4n(-c4ccccc4)c23)cc1. The fraction of sp³-hybridized carbons (Fsp3) is 0. The second-order valence-corrected chi connectivity index (χ2v) is 12.5. The third kappa shape index (κ3) is 4.29. The molecule has 0 aliphatic rings. The van der Waals surface area contributed by atoms with Crippen LogP contribution in [0.4, 0.5) is 17.1 Å². The Bertz CT molecular complexity index is 2810. The maximum atomic E-state index is 6.44. The number of aromatic nitrogens is 1. The van der Waals surface area contributed by atoms with Crippen molar-refractivity contribution >= 4 is 71.6 Å². The van der Waals surface area contributed by atoms with Crippen molar-refractivity contribution in [2.75, 3.05) is 4.90 Å². The van der Waals surface area contributed by atoms with Gasteiger partial charge < -0.3 is 13.9 Å². The largest absolute Gasteiger partial charge is 0.456 e. The van der Waals surface area contributed by atoms with Gasteiger partial charge in [0.1, 0.15) is 11.2 Å². The summed E-state index contributed by atoms with van der Waals surface area (Å²) in [6.07, 6.45) is 0. The minimum absolute atomic E-state index is 0.870. The van der Waals surface area contributed by atoms with Crippen molar-refractivity contribution in [1.82, 2.24) is 4.57 Å². The van der Waals surface area contributed by atoms with E-state index in [1.807, 2.05) is 12.1 Å². The molecule has 0 fully saturated rings. The molecule has 0 aliphatic heterocycles. The number of anilines is 3. The molecule has 2 heterocycles. The predicted molar refractivity (Wildman–Crippen MR) is 206 cm³/mol. The van der Waals surface area contributed by atoms with Crippen molar-refractivity contribution in [2.24, 2.45) is 0 Å². The van der Waals surface area contributed by atoms with Crippen molar-refractivity contribution in [1.29, 1.82) is 0 Å². The summed E-state index contributed by atoms with van der Waals surface area (Å²) in [6, 6.07) is 64.9. The third-order valence-corrected chi connectivity index (χ3v) is 9.73. The molecule has 0 radical (unpaired) electrons. The monoisotopic (exact) mass is 626 g/mol. The average Bonchev–Trinajstić information content (AvgIpc) is 3.72. The van der Waals surface area contributed by atoms with Crippen molar-refractivity contribution in [3.8, 4) is 16.8 Å². The first kappa shape index (κ1) is 27.5. The molecule has 0 saturated heterocycles. The van der Waals surface area contributed by atoms with Crippen LogP contribution in [0, 0.1) is 0 Å². The molecule has 230 valence electrons. The smallest absolute Gasteiger partial charge is 0.137 e. The van der Waals surface area contributed by atoms with Crippen molar-refractivity contribution in [3.05, 3.63) is 182 Å². The fourth-order valence-corrected chi connectivity index (χ4v) is 7.63. The van der Waals surface area contributed by atoms with Gasteiger partial charge in [-0.25, -0.2) is 0 Å². The fourth-order valence-electron chi connectivity index (χ4n) is 7.63. The molecular weight excluding hydrogens is 597 g/mol. The van der Waals surface area contributed by atoms with Crippen LogP contribution < -0.4 is 4.90 Å². The first-order valence-corrected chi connectivity index (χ1v) is 16.7. The van der Waals surface area contributed by atoms with Gasteiger partial charge in [0.25, 0.3) is 0 Å². The van der Waals surface area contributed by atoms with Crippen molar-refractivity contribution in [3.63, 3.8) is 0 Å². The summed E-state index contributed by atoms with van der Waals surface area (Å²) >= 11 is 0. The molecule has 0 atom stereocenters. The van der Waals surface area contributed by atoms with Crippen LogP contribution in [-0.2, 0) is 0 Å². The van der Waals surface area contributed by atoms with Crippen LogP contribution in [0.15, 0.2) is 186 Å². The van der Waals surface area contributed by atoms with Gasteiger partial charge in [-0.3, -0.25) is 0 Å². The summed E-state index contributed by atoms with van der Waals surface area (Å²) < 4.78 is 8.92. The van der Waals surface area contributed by atoms with Gasteiger partial charge in [0.2, 0.25) is 0 Å². The van der Waals surface area contributed by atoms with Crippen molar-refractivity contribution < 1.29 is 4.42 Å². The molecule has 8 aromatic carbocycles. The first-order chi connectivity index (χ1) is 24.3. The standard InChI is InChI=1S/C46H30N2O/c1-4-15-31(16-5-1)36-24-14-25-40-44-41(29-32-17-10-11-22-37(32)46(44)48(45(36)40)34-20-8-3-9-21-34)47(33-18-6-2-7-19-33)35-27-28-39-38-23-12-13-26-42(38)49-43(39)30-35/h1-30H. The quantitative estimate of drug-likeness (QED) is 0.190. The lowest BCUT2D eigenvalue weighted by Crippen LogP contribution is -2.10. The second-order valence-electron chi connectivity index (χ2n) is 12.5. The molecule has 0 saturated carbocycles. The Kier molecular flexibility index (Phi) is 6.18. The minimum Gasteiger partial charge on any atom is -0.456 e. The van der Waals surface area contributed by atoms with Crippen molar-refractivity contribution in [2.45, 2.75) is 0 Å². The lowest BCUT2D eigenvalue weighted by atomic mass is 9.99. The highest BCUT2D eigenvalue weighted by Crippen LogP contribution is 2.49. The average molecular weight is 627 g/mol. The van der Waals surface area contributed by atoms with E-state index in [1.165, 1.54) is 43.7 Å². The number of para-hydroxylation sites is 4. The molecule has 0 unspecified atom stereocenters. The van der Waals surface area contributed by atoms with Gasteiger partial charge in [0, 0.05) is 55.6 Å². The number of rotatable bonds is 5. The molecule has 2 aromatic heterocycles. The zero-order valence-corrected chi connectivity index (χ0v) is 26.6. The van der Waals surface area contributed by atoms with Gasteiger partial charge in [0.05, 0.1) is 16.7 Å². The molecule has 0 spiro atoms. The number of furan rings is 1. The molecule has 0 amide bonds. The second kappa shape index (κ2) is 11.0. The summed E-state index contributed by atoms with van der Waals surface area (Å²) in [4.78, 5) is 2.39. The number of fused-ring (bicyclic) bond motifs is 8. The molecule has 10 aromatic rings. The zero-order valence-electron chi connectivity index (χ0n) is 26.6. The van der Waals surface area contributed by atoms with E-state index in [-0.39, 0.29) is 0 Å². The Morgan fingerprint density at radius 1 is 0.429 bits per heavy atom. The predicted octanol–water partition coefficient (Wildman–Crippen LogP) is 13.0. The molecule has 0 bridgehead atoms. The van der Waals surface area contributed by atoms with E-state index in [1.54, 1.807) is 0 Å². The van der Waals surface area contributed by atoms with Gasteiger partial charge in [-0.15, -0.1) is 0 Å². The highest BCUT2D eigenvalue weighted by atomic mass is 16.3. The summed E-state index contributed by atoms with van der Waals surface area (Å²) in [5.74, 6) is 0. The molecule has 49 heavy (non-hydrogen) atoms. The summed E-state index contributed by atoms with van der Waals surface area (Å²) in [5, 5.41) is 7.03. The lowest BCUT2D eigenvalue weighted by Gasteiger charge is -2.27. The zero-order chi connectivity index (χ0) is 32.3. The first-order valence-electron chi connectivity index (χ1n) is 16.7. The number of hydrogen-bond donors (Lipinski definition) is 0. The Balaban J connectivity index is 1.38. The topological polar surface area (TPSA) is 21.3 Å². The van der Waals surface area contributed by atoms with Crippen LogP contribution in [0.1, 0.15) is 0 Å². The van der Waals surface area contributed by atoms with E-state index in [9.17, 15) is 0 Å². The normalized spacial score (nSPS) is 11.7. The van der Waals surface area contributed by atoms with Gasteiger partial charge in [-0.05, 0) is 59.5 Å². The molecular formula is C46H30N2O. The van der Waals surface area contributed by atoms with E-state index < -0.39 is 0 Å². The van der Waals surface area contributed by atoms with Crippen LogP contribution in [0.3, 0.4) is 0 Å². The number of benzene rings is 8. The van der Waals surface area contributed by atoms with Gasteiger partial charge in [0.15, 0.2) is 0 Å². The van der Waals surface area contributed by atoms with E-state index >= 15 is 0 Å². The van der Waals surface area contributed by atoms with E-state index in [2.05, 4.69) is 179 Å². The van der Waals surface area contributed by atoms with Crippen LogP contribution >= 0.6 is 0 Å². The molecule has 3 nitrogen and oxygen atoms in total. The van der Waals surface area contributed by atoms with Gasteiger partial charge in [-0.1, -0.05) is 127 Å². The molecule has 0 aliphatic carbocycles. The van der Waals surface area contributed by atoms with E-state index in [0.717, 1.165) is 44.7 Å². The summed E-state index contributed by atoms with van der Waals surface area (Å²) in [5.41, 5.74) is 10.9. The summed E-state index contributed by atoms with van der Waals surface area (Å²) in [7, 11) is 0. The number of hydrogen-bond acceptors (Lipinski definition) is 2. The maximum absolute atomic E-state index is 6.44. The van der Waals surface area contributed by atoms with E-state index in [0.29, 0.717) is 0 Å². The van der Waals surface area contributed by atoms with Gasteiger partial charge in [-0.2, -0.15) is 0 Å². The maximum Gasteiger partial charge on any atom is 0.137 e. The van der Waals surface area contributed by atoms with Crippen LogP contribution in [0.2, 0.25) is 0 Å². The Labute approximate surface area is 283 Å². The summed E-state index contributed by atoms with van der Waals surface area (Å²) in [6.45, 7) is 0. The Hall–Kier alpha value is -6.58. The molecule has 3 heteroatoms. The van der Waals surface area contributed by atoms with Crippen LogP contribution in [0.25, 0.3) is 71.3 Å². The molecule has 10 rings (SSSR count). The van der Waals surface area contributed by atoms with Crippen LogP contribution in [-0.4, -0.2) is 4.57 Å². The molecule has 0 N–H and O–H groups in total. The Morgan fingerprint density at radius 2 is 1.08 bits per heavy atom.